The molecule has 1 aliphatic rings. The molecule has 0 aliphatic carbocycles. The first kappa shape index (κ1) is 13.9. The first-order chi connectivity index (χ1) is 8.22. The highest BCUT2D eigenvalue weighted by Gasteiger charge is 2.12. The molecular weight excluding hydrogens is 220 g/mol. The molecule has 1 aliphatic heterocycles. The molecule has 0 N–H and O–H groups in total. The Morgan fingerprint density at radius 2 is 2.29 bits per heavy atom. The van der Waals surface area contributed by atoms with Crippen LogP contribution in [0, 0.1) is 0 Å². The minimum absolute atomic E-state index is 0.0710. The zero-order valence-corrected chi connectivity index (χ0v) is 10.5. The van der Waals surface area contributed by atoms with Crippen LogP contribution in [0.5, 0.6) is 0 Å². The van der Waals surface area contributed by atoms with Gasteiger partial charge in [-0.05, 0) is 31.8 Å². The molecule has 1 heterocycles. The van der Waals surface area contributed by atoms with Gasteiger partial charge in [-0.15, -0.1) is 0 Å². The predicted octanol–water partition coefficient (Wildman–Crippen LogP) is 2.21. The van der Waals surface area contributed by atoms with E-state index in [9.17, 15) is 4.79 Å². The van der Waals surface area contributed by atoms with Gasteiger partial charge in [0.05, 0.1) is 13.7 Å². The summed E-state index contributed by atoms with van der Waals surface area (Å²) >= 11 is 0. The Balaban J connectivity index is 2.20. The number of carbonyl (C=O) groups excluding carboxylic acids is 1. The molecule has 0 aromatic carbocycles. The van der Waals surface area contributed by atoms with E-state index < -0.39 is 0 Å². The van der Waals surface area contributed by atoms with Crippen LogP contribution in [0.25, 0.3) is 0 Å². The van der Waals surface area contributed by atoms with Gasteiger partial charge in [-0.25, -0.2) is 4.79 Å². The van der Waals surface area contributed by atoms with E-state index in [-0.39, 0.29) is 12.3 Å². The third-order valence-electron chi connectivity index (χ3n) is 2.44. The molecule has 4 heteroatoms. The highest BCUT2D eigenvalue weighted by atomic mass is 16.7. The molecule has 4 nitrogen and oxygen atoms in total. The Kier molecular flexibility index (Phi) is 6.58. The van der Waals surface area contributed by atoms with Gasteiger partial charge in [0.25, 0.3) is 0 Å². The quantitative estimate of drug-likeness (QED) is 0.420. The number of hydrogen-bond donors (Lipinski definition) is 0. The Morgan fingerprint density at radius 3 is 2.94 bits per heavy atom. The molecule has 1 atom stereocenters. The molecule has 1 fully saturated rings. The Morgan fingerprint density at radius 1 is 1.47 bits per heavy atom. The molecule has 0 bridgehead atoms. The number of ether oxygens (including phenoxy) is 3. The molecule has 0 aromatic rings. The third-order valence-corrected chi connectivity index (χ3v) is 2.44. The molecule has 1 unspecified atom stereocenters. The van der Waals surface area contributed by atoms with E-state index >= 15 is 0 Å². The van der Waals surface area contributed by atoms with E-state index in [0.29, 0.717) is 6.61 Å². The number of carbonyl (C=O) groups is 1. The second-order valence-corrected chi connectivity index (χ2v) is 3.94. The summed E-state index contributed by atoms with van der Waals surface area (Å²) in [5.41, 5.74) is 0.838. The van der Waals surface area contributed by atoms with Crippen molar-refractivity contribution in [2.45, 2.75) is 32.5 Å². The van der Waals surface area contributed by atoms with Crippen LogP contribution < -0.4 is 0 Å². The lowest BCUT2D eigenvalue weighted by Gasteiger charge is -2.21. The minimum Gasteiger partial charge on any atom is -0.466 e. The molecule has 0 aromatic heterocycles. The smallest absolute Gasteiger partial charge is 0.330 e. The normalized spacial score (nSPS) is 21.8. The van der Waals surface area contributed by atoms with Gasteiger partial charge in [0.15, 0.2) is 6.29 Å². The average molecular weight is 240 g/mol. The monoisotopic (exact) mass is 240 g/mol. The summed E-state index contributed by atoms with van der Waals surface area (Å²) < 4.78 is 15.5. The topological polar surface area (TPSA) is 44.8 Å². The first-order valence-electron chi connectivity index (χ1n) is 5.88. The predicted molar refractivity (Wildman–Crippen MR) is 64.5 cm³/mol. The highest BCUT2D eigenvalue weighted by molar-refractivity contribution is 5.83. The second-order valence-electron chi connectivity index (χ2n) is 3.94. The van der Waals surface area contributed by atoms with Crippen molar-refractivity contribution in [3.05, 3.63) is 23.8 Å². The molecule has 0 amide bonds. The first-order valence-corrected chi connectivity index (χ1v) is 5.88. The Hall–Kier alpha value is -1.13. The molecule has 0 spiro atoms. The SMILES string of the molecule is COC(=O)/C=C(C)/C=C\COC1CCCCO1. The van der Waals surface area contributed by atoms with Crippen LogP contribution in [0.3, 0.4) is 0 Å². The van der Waals surface area contributed by atoms with Crippen LogP contribution in [0.1, 0.15) is 26.2 Å². The number of allylic oxidation sites excluding steroid dienone is 2. The summed E-state index contributed by atoms with van der Waals surface area (Å²) in [6, 6.07) is 0. The van der Waals surface area contributed by atoms with E-state index in [0.717, 1.165) is 31.4 Å². The van der Waals surface area contributed by atoms with Crippen molar-refractivity contribution in [2.75, 3.05) is 20.3 Å². The van der Waals surface area contributed by atoms with Gasteiger partial charge in [-0.1, -0.05) is 12.2 Å². The summed E-state index contributed by atoms with van der Waals surface area (Å²) in [5, 5.41) is 0. The van der Waals surface area contributed by atoms with E-state index in [1.807, 2.05) is 19.1 Å². The van der Waals surface area contributed by atoms with E-state index in [1.54, 1.807) is 0 Å². The van der Waals surface area contributed by atoms with Gasteiger partial charge in [0, 0.05) is 12.7 Å². The second kappa shape index (κ2) is 8.03. The van der Waals surface area contributed by atoms with Crippen molar-refractivity contribution < 1.29 is 19.0 Å². The summed E-state index contributed by atoms with van der Waals surface area (Å²) in [6.45, 7) is 3.12. The van der Waals surface area contributed by atoms with Gasteiger partial charge in [-0.2, -0.15) is 0 Å². The maximum Gasteiger partial charge on any atom is 0.330 e. The van der Waals surface area contributed by atoms with Crippen LogP contribution in [-0.4, -0.2) is 32.6 Å². The van der Waals surface area contributed by atoms with Crippen LogP contribution in [0.2, 0.25) is 0 Å². The van der Waals surface area contributed by atoms with Gasteiger partial charge in [0.1, 0.15) is 0 Å². The summed E-state index contributed by atoms with van der Waals surface area (Å²) in [7, 11) is 1.36. The number of hydrogen-bond acceptors (Lipinski definition) is 4. The van der Waals surface area contributed by atoms with Crippen molar-refractivity contribution in [3.8, 4) is 0 Å². The average Bonchev–Trinajstić information content (AvgIpc) is 2.36. The minimum atomic E-state index is -0.344. The van der Waals surface area contributed by atoms with Crippen molar-refractivity contribution in [1.82, 2.24) is 0 Å². The fourth-order valence-electron chi connectivity index (χ4n) is 1.53. The van der Waals surface area contributed by atoms with E-state index in [1.165, 1.54) is 13.2 Å². The Bertz CT molecular complexity index is 288. The molecule has 1 saturated heterocycles. The molecule has 96 valence electrons. The van der Waals surface area contributed by atoms with Crippen LogP contribution in [0.15, 0.2) is 23.8 Å². The van der Waals surface area contributed by atoms with Gasteiger partial charge in [0.2, 0.25) is 0 Å². The third kappa shape index (κ3) is 6.24. The number of methoxy groups -OCH3 is 1. The largest absolute Gasteiger partial charge is 0.466 e. The number of esters is 1. The number of rotatable bonds is 5. The highest BCUT2D eigenvalue weighted by Crippen LogP contribution is 2.13. The fraction of sp³-hybridized carbons (Fsp3) is 0.615. The standard InChI is InChI=1S/C13H20O4/c1-11(10-12(14)15-2)6-5-9-17-13-7-3-4-8-16-13/h5-6,10,13H,3-4,7-9H2,1-2H3/b6-5-,11-10+. The van der Waals surface area contributed by atoms with E-state index in [2.05, 4.69) is 4.74 Å². The maximum absolute atomic E-state index is 10.9. The fourth-order valence-corrected chi connectivity index (χ4v) is 1.53. The van der Waals surface area contributed by atoms with Crippen LogP contribution >= 0.6 is 0 Å². The molecule has 17 heavy (non-hydrogen) atoms. The molecule has 0 saturated carbocycles. The summed E-state index contributed by atoms with van der Waals surface area (Å²) in [5.74, 6) is -0.344. The maximum atomic E-state index is 10.9. The lowest BCUT2D eigenvalue weighted by atomic mass is 10.2. The molecule has 1 rings (SSSR count). The van der Waals surface area contributed by atoms with Crippen LogP contribution in [0.4, 0.5) is 0 Å². The van der Waals surface area contributed by atoms with Crippen molar-refractivity contribution >= 4 is 5.97 Å². The van der Waals surface area contributed by atoms with E-state index in [4.69, 9.17) is 9.47 Å². The molecular formula is C13H20O4. The Labute approximate surface area is 102 Å². The van der Waals surface area contributed by atoms with Gasteiger partial charge < -0.3 is 14.2 Å². The van der Waals surface area contributed by atoms with Crippen molar-refractivity contribution in [2.24, 2.45) is 0 Å². The molecule has 0 radical (unpaired) electrons. The lowest BCUT2D eigenvalue weighted by Crippen LogP contribution is -2.22. The van der Waals surface area contributed by atoms with Crippen molar-refractivity contribution in [1.29, 1.82) is 0 Å². The van der Waals surface area contributed by atoms with Crippen LogP contribution in [-0.2, 0) is 19.0 Å². The zero-order chi connectivity index (χ0) is 12.5. The summed E-state index contributed by atoms with van der Waals surface area (Å²) in [4.78, 5) is 10.9. The zero-order valence-electron chi connectivity index (χ0n) is 10.5. The van der Waals surface area contributed by atoms with Gasteiger partial charge >= 0.3 is 5.97 Å². The lowest BCUT2D eigenvalue weighted by molar-refractivity contribution is -0.155. The van der Waals surface area contributed by atoms with Crippen molar-refractivity contribution in [3.63, 3.8) is 0 Å². The summed E-state index contributed by atoms with van der Waals surface area (Å²) in [6.07, 6.45) is 8.32. The van der Waals surface area contributed by atoms with Gasteiger partial charge in [-0.3, -0.25) is 0 Å².